The summed E-state index contributed by atoms with van der Waals surface area (Å²) in [6.45, 7) is 0. The van der Waals surface area contributed by atoms with Crippen LogP contribution in [-0.2, 0) is 17.4 Å². The van der Waals surface area contributed by atoms with Crippen molar-refractivity contribution in [3.8, 4) is 11.4 Å². The molecule has 1 aromatic carbocycles. The molecule has 0 saturated heterocycles. The van der Waals surface area contributed by atoms with E-state index < -0.39 is 17.7 Å². The second kappa shape index (κ2) is 5.83. The quantitative estimate of drug-likeness (QED) is 0.726. The molecule has 4 nitrogen and oxygen atoms in total. The van der Waals surface area contributed by atoms with Gasteiger partial charge in [0.1, 0.15) is 5.69 Å². The third kappa shape index (κ3) is 2.94. The van der Waals surface area contributed by atoms with Crippen molar-refractivity contribution in [3.63, 3.8) is 0 Å². The van der Waals surface area contributed by atoms with E-state index in [2.05, 4.69) is 9.97 Å². The molecule has 3 rings (SSSR count). The minimum atomic E-state index is -4.56. The van der Waals surface area contributed by atoms with Crippen LogP contribution in [0.25, 0.3) is 22.3 Å². The highest BCUT2D eigenvalue weighted by molar-refractivity contribution is 6.33. The molecule has 0 radical (unpaired) electrons. The van der Waals surface area contributed by atoms with E-state index in [-0.39, 0.29) is 17.1 Å². The summed E-state index contributed by atoms with van der Waals surface area (Å²) in [6.07, 6.45) is -4.19. The van der Waals surface area contributed by atoms with Gasteiger partial charge in [0.15, 0.2) is 0 Å². The number of H-pyrrole nitrogens is 1. The zero-order valence-corrected chi connectivity index (χ0v) is 12.7. The number of carboxylic acids is 1. The molecule has 2 N–H and O–H groups in total. The molecule has 0 aliphatic rings. The SMILES string of the molecule is O=C(O)Cc1c(-c2ncc(C(F)(F)F)cc2Cl)[nH]c2ccccc12. The van der Waals surface area contributed by atoms with Crippen LogP contribution >= 0.6 is 11.6 Å². The fourth-order valence-corrected chi connectivity index (χ4v) is 2.77. The van der Waals surface area contributed by atoms with Crippen molar-refractivity contribution >= 4 is 28.5 Å². The van der Waals surface area contributed by atoms with Gasteiger partial charge in [0.25, 0.3) is 0 Å². The summed E-state index contributed by atoms with van der Waals surface area (Å²) in [4.78, 5) is 17.9. The molecule has 8 heteroatoms. The highest BCUT2D eigenvalue weighted by Gasteiger charge is 2.32. The van der Waals surface area contributed by atoms with Gasteiger partial charge < -0.3 is 10.1 Å². The zero-order chi connectivity index (χ0) is 17.5. The van der Waals surface area contributed by atoms with Crippen molar-refractivity contribution < 1.29 is 23.1 Å². The van der Waals surface area contributed by atoms with Crippen molar-refractivity contribution in [2.24, 2.45) is 0 Å². The number of halogens is 4. The molecule has 24 heavy (non-hydrogen) atoms. The van der Waals surface area contributed by atoms with Crippen LogP contribution in [0.15, 0.2) is 36.5 Å². The van der Waals surface area contributed by atoms with E-state index in [1.807, 2.05) is 0 Å². The van der Waals surface area contributed by atoms with Crippen molar-refractivity contribution in [2.45, 2.75) is 12.6 Å². The molecular formula is C16H10ClF3N2O2. The summed E-state index contributed by atoms with van der Waals surface area (Å²) in [5, 5.41) is 9.57. The number of nitrogens with one attached hydrogen (secondary N) is 1. The number of aromatic nitrogens is 2. The molecule has 0 saturated carbocycles. The molecule has 124 valence electrons. The zero-order valence-electron chi connectivity index (χ0n) is 12.0. The summed E-state index contributed by atoms with van der Waals surface area (Å²) in [7, 11) is 0. The Morgan fingerprint density at radius 2 is 2.00 bits per heavy atom. The minimum Gasteiger partial charge on any atom is -0.481 e. The molecule has 0 bridgehead atoms. The average molecular weight is 355 g/mol. The fourth-order valence-electron chi connectivity index (χ4n) is 2.51. The second-order valence-electron chi connectivity index (χ2n) is 5.15. The van der Waals surface area contributed by atoms with Gasteiger partial charge in [-0.3, -0.25) is 9.78 Å². The van der Waals surface area contributed by atoms with Crippen LogP contribution in [0.3, 0.4) is 0 Å². The lowest BCUT2D eigenvalue weighted by molar-refractivity contribution is -0.138. The lowest BCUT2D eigenvalue weighted by Crippen LogP contribution is -2.06. The summed E-state index contributed by atoms with van der Waals surface area (Å²) in [6, 6.07) is 7.75. The molecule has 0 fully saturated rings. The first kappa shape index (κ1) is 16.3. The normalized spacial score (nSPS) is 11.8. The Morgan fingerprint density at radius 1 is 1.29 bits per heavy atom. The first-order chi connectivity index (χ1) is 11.3. The van der Waals surface area contributed by atoms with Crippen LogP contribution in [0.1, 0.15) is 11.1 Å². The van der Waals surface area contributed by atoms with Crippen molar-refractivity contribution in [3.05, 3.63) is 52.7 Å². The molecule has 2 aromatic heterocycles. The van der Waals surface area contributed by atoms with Crippen molar-refractivity contribution in [2.75, 3.05) is 0 Å². The number of nitrogens with zero attached hydrogens (tertiary/aromatic N) is 1. The van der Waals surface area contributed by atoms with Crippen LogP contribution < -0.4 is 0 Å². The first-order valence-electron chi connectivity index (χ1n) is 6.82. The topological polar surface area (TPSA) is 66.0 Å². The molecule has 0 spiro atoms. The number of alkyl halides is 3. The van der Waals surface area contributed by atoms with E-state index in [0.717, 1.165) is 6.07 Å². The van der Waals surface area contributed by atoms with Crippen molar-refractivity contribution in [1.82, 2.24) is 9.97 Å². The lowest BCUT2D eigenvalue weighted by atomic mass is 10.1. The number of pyridine rings is 1. The van der Waals surface area contributed by atoms with Gasteiger partial charge in [0.2, 0.25) is 0 Å². The molecule has 0 aliphatic carbocycles. The second-order valence-corrected chi connectivity index (χ2v) is 5.55. The van der Waals surface area contributed by atoms with Gasteiger partial charge in [0.05, 0.1) is 22.7 Å². The van der Waals surface area contributed by atoms with Crippen LogP contribution in [0.2, 0.25) is 5.02 Å². The number of carboxylic acid groups (broad SMARTS) is 1. The minimum absolute atomic E-state index is 0.0807. The smallest absolute Gasteiger partial charge is 0.417 e. The fraction of sp³-hybridized carbons (Fsp3) is 0.125. The van der Waals surface area contributed by atoms with E-state index in [0.29, 0.717) is 28.4 Å². The van der Waals surface area contributed by atoms with Crippen LogP contribution in [0, 0.1) is 0 Å². The van der Waals surface area contributed by atoms with E-state index in [1.54, 1.807) is 24.3 Å². The van der Waals surface area contributed by atoms with E-state index >= 15 is 0 Å². The van der Waals surface area contributed by atoms with Crippen LogP contribution in [0.5, 0.6) is 0 Å². The molecule has 0 unspecified atom stereocenters. The molecule has 3 aromatic rings. The Labute approximate surface area is 138 Å². The maximum atomic E-state index is 12.7. The number of para-hydroxylation sites is 1. The number of rotatable bonds is 3. The van der Waals surface area contributed by atoms with Crippen LogP contribution in [-0.4, -0.2) is 21.0 Å². The third-order valence-electron chi connectivity index (χ3n) is 3.55. The molecular weight excluding hydrogens is 345 g/mol. The van der Waals surface area contributed by atoms with E-state index in [1.165, 1.54) is 0 Å². The number of hydrogen-bond acceptors (Lipinski definition) is 2. The van der Waals surface area contributed by atoms with Crippen molar-refractivity contribution in [1.29, 1.82) is 0 Å². The molecule has 0 aliphatic heterocycles. The van der Waals surface area contributed by atoms with Gasteiger partial charge in [-0.2, -0.15) is 13.2 Å². The molecule has 2 heterocycles. The predicted molar refractivity (Wildman–Crippen MR) is 82.9 cm³/mol. The summed E-state index contributed by atoms with van der Waals surface area (Å²) in [5.74, 6) is -1.07. The summed E-state index contributed by atoms with van der Waals surface area (Å²) < 4.78 is 38.2. The summed E-state index contributed by atoms with van der Waals surface area (Å²) in [5.41, 5.74) is 0.496. The highest BCUT2D eigenvalue weighted by atomic mass is 35.5. The number of carbonyl (C=O) groups is 1. The monoisotopic (exact) mass is 354 g/mol. The Bertz CT molecular complexity index is 935. The Morgan fingerprint density at radius 3 is 2.62 bits per heavy atom. The summed E-state index contributed by atoms with van der Waals surface area (Å²) >= 11 is 5.98. The predicted octanol–water partition coefficient (Wildman–Crippen LogP) is 4.53. The van der Waals surface area contributed by atoms with E-state index in [4.69, 9.17) is 16.7 Å². The molecule has 0 amide bonds. The Balaban J connectivity index is 2.20. The van der Waals surface area contributed by atoms with Gasteiger partial charge in [-0.1, -0.05) is 29.8 Å². The number of fused-ring (bicyclic) bond motifs is 1. The average Bonchev–Trinajstić information content (AvgIpc) is 2.84. The number of aliphatic carboxylic acids is 1. The number of aromatic amines is 1. The molecule has 0 atom stereocenters. The van der Waals surface area contributed by atoms with Gasteiger partial charge in [0, 0.05) is 17.1 Å². The standard InChI is InChI=1S/C16H10ClF3N2O2/c17-11-5-8(16(18,19)20)7-21-15(11)14-10(6-13(23)24)9-3-1-2-4-12(9)22-14/h1-5,7,22H,6H2,(H,23,24). The Hall–Kier alpha value is -2.54. The van der Waals surface area contributed by atoms with E-state index in [9.17, 15) is 18.0 Å². The van der Waals surface area contributed by atoms with Gasteiger partial charge in [-0.05, 0) is 17.7 Å². The Kier molecular flexibility index (Phi) is 3.96. The first-order valence-corrected chi connectivity index (χ1v) is 7.19. The largest absolute Gasteiger partial charge is 0.481 e. The third-order valence-corrected chi connectivity index (χ3v) is 3.84. The van der Waals surface area contributed by atoms with Crippen LogP contribution in [0.4, 0.5) is 13.2 Å². The maximum absolute atomic E-state index is 12.7. The maximum Gasteiger partial charge on any atom is 0.417 e. The lowest BCUT2D eigenvalue weighted by Gasteiger charge is -2.09. The van der Waals surface area contributed by atoms with Gasteiger partial charge in [-0.25, -0.2) is 0 Å². The van der Waals surface area contributed by atoms with Gasteiger partial charge >= 0.3 is 12.1 Å². The number of benzene rings is 1. The highest BCUT2D eigenvalue weighted by Crippen LogP contribution is 2.36. The van der Waals surface area contributed by atoms with Gasteiger partial charge in [-0.15, -0.1) is 0 Å². The number of hydrogen-bond donors (Lipinski definition) is 2.